The summed E-state index contributed by atoms with van der Waals surface area (Å²) in [7, 11) is 1.60. The normalized spacial score (nSPS) is 12.4. The molecule has 5 heteroatoms. The van der Waals surface area contributed by atoms with Gasteiger partial charge < -0.3 is 9.72 Å². The maximum atomic E-state index is 12.7. The average molecular weight is 340 g/mol. The van der Waals surface area contributed by atoms with Gasteiger partial charge in [0.15, 0.2) is 0 Å². The number of benzene rings is 1. The molecule has 0 unspecified atom stereocenters. The highest BCUT2D eigenvalue weighted by Crippen LogP contribution is 2.11. The van der Waals surface area contributed by atoms with Gasteiger partial charge in [0.05, 0.1) is 7.11 Å². The Kier molecular flexibility index (Phi) is 6.57. The molecule has 25 heavy (non-hydrogen) atoms. The van der Waals surface area contributed by atoms with Crippen molar-refractivity contribution in [2.45, 2.75) is 32.7 Å². The lowest BCUT2D eigenvalue weighted by molar-refractivity contribution is 0.415. The number of rotatable bonds is 7. The first-order valence-electron chi connectivity index (χ1n) is 8.40. The summed E-state index contributed by atoms with van der Waals surface area (Å²) in [6, 6.07) is 7.29. The predicted molar refractivity (Wildman–Crippen MR) is 101 cm³/mol. The molecule has 1 aromatic heterocycles. The molecule has 0 fully saturated rings. The Labute approximate surface area is 146 Å². The average Bonchev–Trinajstić information content (AvgIpc) is 2.62. The Balaban J connectivity index is 2.64. The van der Waals surface area contributed by atoms with Gasteiger partial charge in [0, 0.05) is 6.54 Å². The topological polar surface area (TPSA) is 64.1 Å². The van der Waals surface area contributed by atoms with E-state index in [0.717, 1.165) is 30.6 Å². The first kappa shape index (κ1) is 18.5. The fraction of sp³-hybridized carbons (Fsp3) is 0.300. The van der Waals surface area contributed by atoms with Gasteiger partial charge in [-0.3, -0.25) is 14.2 Å². The third-order valence-corrected chi connectivity index (χ3v) is 3.88. The molecule has 1 heterocycles. The minimum atomic E-state index is -0.292. The first-order valence-corrected chi connectivity index (χ1v) is 8.40. The van der Waals surface area contributed by atoms with Crippen molar-refractivity contribution in [1.29, 1.82) is 0 Å². The number of methoxy groups -OCH3 is 1. The lowest BCUT2D eigenvalue weighted by atomic mass is 10.2. The molecular weight excluding hydrogens is 316 g/mol. The van der Waals surface area contributed by atoms with Gasteiger partial charge in [0.25, 0.3) is 11.1 Å². The lowest BCUT2D eigenvalue weighted by Crippen LogP contribution is -2.53. The number of aromatic amines is 1. The maximum Gasteiger partial charge on any atom is 0.274 e. The first-order chi connectivity index (χ1) is 12.1. The minimum absolute atomic E-state index is 0.213. The van der Waals surface area contributed by atoms with Crippen molar-refractivity contribution in [3.8, 4) is 5.75 Å². The molecule has 0 aliphatic rings. The van der Waals surface area contributed by atoms with Crippen LogP contribution in [0.2, 0.25) is 0 Å². The summed E-state index contributed by atoms with van der Waals surface area (Å²) in [5.74, 6) is 0.732. The highest BCUT2D eigenvalue weighted by molar-refractivity contribution is 5.49. The van der Waals surface area contributed by atoms with Gasteiger partial charge in [0.1, 0.15) is 16.4 Å². The van der Waals surface area contributed by atoms with Crippen molar-refractivity contribution in [1.82, 2.24) is 9.55 Å². The molecular formula is C20H24N2O3. The van der Waals surface area contributed by atoms with Gasteiger partial charge in [-0.1, -0.05) is 37.6 Å². The molecule has 0 aliphatic carbocycles. The molecule has 2 rings (SSSR count). The zero-order chi connectivity index (χ0) is 18.2. The van der Waals surface area contributed by atoms with E-state index in [-0.39, 0.29) is 17.7 Å². The molecule has 5 nitrogen and oxygen atoms in total. The van der Waals surface area contributed by atoms with Crippen LogP contribution in [0.25, 0.3) is 12.2 Å². The van der Waals surface area contributed by atoms with Crippen molar-refractivity contribution < 1.29 is 4.74 Å². The summed E-state index contributed by atoms with van der Waals surface area (Å²) in [5.41, 5.74) is 0.307. The van der Waals surface area contributed by atoms with Crippen molar-refractivity contribution in [3.05, 3.63) is 73.9 Å². The standard InChI is InChI=1S/C20H24N2O3/c1-4-6-7-8-17-20(24)22(13-5-2)18(19(23)21-17)14-15-9-11-16(25-3)12-10-15/h5,8-12,14H,2,4,6-7,13H2,1,3H3,(H,21,23)/b17-8-,18-14-. The summed E-state index contributed by atoms with van der Waals surface area (Å²) in [6.07, 6.45) is 7.87. The highest BCUT2D eigenvalue weighted by Gasteiger charge is 2.04. The second-order valence-corrected chi connectivity index (χ2v) is 5.72. The molecule has 2 aromatic rings. The molecule has 0 atom stereocenters. The van der Waals surface area contributed by atoms with Crippen molar-refractivity contribution in [3.63, 3.8) is 0 Å². The Morgan fingerprint density at radius 3 is 2.56 bits per heavy atom. The van der Waals surface area contributed by atoms with Crippen molar-refractivity contribution >= 4 is 12.2 Å². The van der Waals surface area contributed by atoms with Gasteiger partial charge in [-0.2, -0.15) is 0 Å². The Hall–Kier alpha value is -2.82. The van der Waals surface area contributed by atoms with Crippen LogP contribution in [0.5, 0.6) is 5.75 Å². The second kappa shape index (κ2) is 8.87. The fourth-order valence-corrected chi connectivity index (χ4v) is 2.52. The van der Waals surface area contributed by atoms with Crippen molar-refractivity contribution in [2.75, 3.05) is 7.11 Å². The number of ether oxygens (including phenoxy) is 1. The van der Waals surface area contributed by atoms with Crippen LogP contribution in [0.4, 0.5) is 0 Å². The molecule has 0 spiro atoms. The van der Waals surface area contributed by atoms with Crippen LogP contribution >= 0.6 is 0 Å². The molecule has 0 bridgehead atoms. The zero-order valence-electron chi connectivity index (χ0n) is 14.7. The molecule has 0 aliphatic heterocycles. The van der Waals surface area contributed by atoms with E-state index in [1.54, 1.807) is 25.3 Å². The smallest absolute Gasteiger partial charge is 0.274 e. The van der Waals surface area contributed by atoms with Gasteiger partial charge >= 0.3 is 0 Å². The highest BCUT2D eigenvalue weighted by atomic mass is 16.5. The third kappa shape index (κ3) is 4.59. The van der Waals surface area contributed by atoms with E-state index < -0.39 is 0 Å². The van der Waals surface area contributed by atoms with E-state index in [2.05, 4.69) is 18.5 Å². The van der Waals surface area contributed by atoms with Crippen molar-refractivity contribution in [2.24, 2.45) is 0 Å². The SMILES string of the molecule is C=CCn1c(=O)/c(=C/CCCC)[nH]c(=O)/c1=C/c1ccc(OC)cc1. The van der Waals surface area contributed by atoms with Crippen LogP contribution < -0.4 is 26.6 Å². The van der Waals surface area contributed by atoms with Gasteiger partial charge in [-0.05, 0) is 36.6 Å². The lowest BCUT2D eigenvalue weighted by Gasteiger charge is -2.04. The maximum absolute atomic E-state index is 12.7. The van der Waals surface area contributed by atoms with E-state index in [9.17, 15) is 9.59 Å². The molecule has 1 aromatic carbocycles. The van der Waals surface area contributed by atoms with Gasteiger partial charge in [0.2, 0.25) is 0 Å². The van der Waals surface area contributed by atoms with Crippen LogP contribution in [0.15, 0.2) is 46.5 Å². The van der Waals surface area contributed by atoms with Crippen LogP contribution in [0, 0.1) is 0 Å². The summed E-state index contributed by atoms with van der Waals surface area (Å²) in [6.45, 7) is 6.05. The van der Waals surface area contributed by atoms with E-state index >= 15 is 0 Å². The molecule has 1 N–H and O–H groups in total. The number of nitrogens with zero attached hydrogens (tertiary/aromatic N) is 1. The number of aromatic nitrogens is 2. The van der Waals surface area contributed by atoms with E-state index in [1.807, 2.05) is 24.3 Å². The third-order valence-electron chi connectivity index (χ3n) is 3.88. The Bertz CT molecular complexity index is 950. The number of unbranched alkanes of at least 4 members (excludes halogenated alkanes) is 2. The summed E-state index contributed by atoms with van der Waals surface area (Å²) < 4.78 is 6.58. The van der Waals surface area contributed by atoms with Gasteiger partial charge in [-0.25, -0.2) is 0 Å². The molecule has 0 saturated carbocycles. The number of hydrogen-bond donors (Lipinski definition) is 1. The fourth-order valence-electron chi connectivity index (χ4n) is 2.52. The monoisotopic (exact) mass is 340 g/mol. The molecule has 0 saturated heterocycles. The minimum Gasteiger partial charge on any atom is -0.497 e. The number of H-pyrrole nitrogens is 1. The molecule has 132 valence electrons. The van der Waals surface area contributed by atoms with Crippen LogP contribution in [-0.2, 0) is 6.54 Å². The largest absolute Gasteiger partial charge is 0.497 e. The van der Waals surface area contributed by atoms with E-state index in [1.165, 1.54) is 4.57 Å². The predicted octanol–water partition coefficient (Wildman–Crippen LogP) is 1.53. The van der Waals surface area contributed by atoms with Gasteiger partial charge in [-0.15, -0.1) is 6.58 Å². The summed E-state index contributed by atoms with van der Waals surface area (Å²) in [4.78, 5) is 27.9. The van der Waals surface area contributed by atoms with Crippen LogP contribution in [0.1, 0.15) is 31.7 Å². The Morgan fingerprint density at radius 1 is 1.24 bits per heavy atom. The van der Waals surface area contributed by atoms with E-state index in [4.69, 9.17) is 4.74 Å². The number of hydrogen-bond acceptors (Lipinski definition) is 3. The number of nitrogens with one attached hydrogen (secondary N) is 1. The summed E-state index contributed by atoms with van der Waals surface area (Å²) in [5, 5.41) is 0.648. The van der Waals surface area contributed by atoms with Crippen LogP contribution in [0.3, 0.4) is 0 Å². The molecule has 0 amide bonds. The molecule has 0 radical (unpaired) electrons. The Morgan fingerprint density at radius 2 is 1.96 bits per heavy atom. The van der Waals surface area contributed by atoms with Crippen LogP contribution in [-0.4, -0.2) is 16.7 Å². The number of allylic oxidation sites excluding steroid dienone is 1. The van der Waals surface area contributed by atoms with E-state index in [0.29, 0.717) is 10.7 Å². The second-order valence-electron chi connectivity index (χ2n) is 5.72. The zero-order valence-corrected chi connectivity index (χ0v) is 14.7. The summed E-state index contributed by atoms with van der Waals surface area (Å²) >= 11 is 0. The quantitative estimate of drug-likeness (QED) is 0.614.